The van der Waals surface area contributed by atoms with Crippen molar-refractivity contribution in [3.05, 3.63) is 62.6 Å². The molecule has 0 aliphatic heterocycles. The summed E-state index contributed by atoms with van der Waals surface area (Å²) < 4.78 is 0.735. The largest absolute Gasteiger partial charge is 0.322 e. The van der Waals surface area contributed by atoms with Crippen LogP contribution in [0.4, 0.5) is 5.69 Å². The van der Waals surface area contributed by atoms with Gasteiger partial charge in [0.1, 0.15) is 0 Å². The Morgan fingerprint density at radius 1 is 1.30 bits per heavy atom. The molecule has 0 bridgehead atoms. The number of hydrogen-bond acceptors (Lipinski definition) is 2. The number of carbonyl (C=O) groups is 1. The van der Waals surface area contributed by atoms with Crippen molar-refractivity contribution in [3.63, 3.8) is 0 Å². The molecule has 0 spiro atoms. The van der Waals surface area contributed by atoms with Crippen LogP contribution in [0.1, 0.15) is 21.5 Å². The van der Waals surface area contributed by atoms with Crippen LogP contribution in [0.25, 0.3) is 0 Å². The fourth-order valence-corrected chi connectivity index (χ4v) is 2.09. The lowest BCUT2D eigenvalue weighted by atomic mass is 10.1. The van der Waals surface area contributed by atoms with Crippen molar-refractivity contribution in [1.82, 2.24) is 0 Å². The van der Waals surface area contributed by atoms with Gasteiger partial charge in [0.2, 0.25) is 0 Å². The van der Waals surface area contributed by atoms with E-state index in [-0.39, 0.29) is 5.91 Å². The summed E-state index contributed by atoms with van der Waals surface area (Å²) in [6.07, 6.45) is 0. The average Bonchev–Trinajstić information content (AvgIpc) is 2.44. The highest BCUT2D eigenvalue weighted by molar-refractivity contribution is 9.10. The lowest BCUT2D eigenvalue weighted by molar-refractivity contribution is 0.102. The Morgan fingerprint density at radius 3 is 2.70 bits per heavy atom. The van der Waals surface area contributed by atoms with Crippen LogP contribution >= 0.6 is 27.5 Å². The molecule has 0 unspecified atom stereocenters. The third-order valence-corrected chi connectivity index (χ3v) is 4.03. The molecule has 0 radical (unpaired) electrons. The van der Waals surface area contributed by atoms with Gasteiger partial charge in [0.05, 0.1) is 16.7 Å². The van der Waals surface area contributed by atoms with E-state index < -0.39 is 0 Å². The molecule has 0 aliphatic rings. The van der Waals surface area contributed by atoms with Gasteiger partial charge in [0.25, 0.3) is 5.91 Å². The SMILES string of the molecule is Cc1ccc(C#N)cc1NC(=O)c1ccc(Br)c(Cl)c1. The van der Waals surface area contributed by atoms with Gasteiger partial charge in [-0.2, -0.15) is 5.26 Å². The van der Waals surface area contributed by atoms with E-state index >= 15 is 0 Å². The molecule has 0 saturated carbocycles. The van der Waals surface area contributed by atoms with Gasteiger partial charge in [-0.25, -0.2) is 0 Å². The minimum atomic E-state index is -0.266. The number of amides is 1. The average molecular weight is 350 g/mol. The first-order chi connectivity index (χ1) is 9.51. The molecule has 3 nitrogen and oxygen atoms in total. The summed E-state index contributed by atoms with van der Waals surface area (Å²) >= 11 is 9.25. The number of nitrogens with one attached hydrogen (secondary N) is 1. The number of benzene rings is 2. The number of halogens is 2. The first-order valence-corrected chi connectivity index (χ1v) is 6.95. The molecule has 0 aliphatic carbocycles. The maximum atomic E-state index is 12.2. The standard InChI is InChI=1S/C15H10BrClN2O/c1-9-2-3-10(8-18)6-14(9)19-15(20)11-4-5-12(16)13(17)7-11/h2-7H,1H3,(H,19,20). The quantitative estimate of drug-likeness (QED) is 0.865. The van der Waals surface area contributed by atoms with E-state index in [2.05, 4.69) is 21.2 Å². The molecule has 1 N–H and O–H groups in total. The molecule has 5 heteroatoms. The Labute approximate surface area is 130 Å². The molecule has 0 aromatic heterocycles. The second-order valence-electron chi connectivity index (χ2n) is 4.22. The summed E-state index contributed by atoms with van der Waals surface area (Å²) in [6, 6.07) is 12.2. The first-order valence-electron chi connectivity index (χ1n) is 5.78. The molecule has 1 amide bonds. The third-order valence-electron chi connectivity index (χ3n) is 2.80. The van der Waals surface area contributed by atoms with Crippen molar-refractivity contribution < 1.29 is 4.79 Å². The maximum absolute atomic E-state index is 12.2. The molecule has 2 rings (SSSR count). The summed E-state index contributed by atoms with van der Waals surface area (Å²) in [5, 5.41) is 12.1. The van der Waals surface area contributed by atoms with Crippen LogP contribution in [0, 0.1) is 18.3 Å². The van der Waals surface area contributed by atoms with E-state index in [9.17, 15) is 4.79 Å². The minimum absolute atomic E-state index is 0.266. The summed E-state index contributed by atoms with van der Waals surface area (Å²) in [6.45, 7) is 1.87. The van der Waals surface area contributed by atoms with Gasteiger partial charge >= 0.3 is 0 Å². The molecular formula is C15H10BrClN2O. The number of hydrogen-bond donors (Lipinski definition) is 1. The number of anilines is 1. The van der Waals surface area contributed by atoms with Crippen LogP contribution < -0.4 is 5.32 Å². The predicted molar refractivity (Wildman–Crippen MR) is 83.0 cm³/mol. The fraction of sp³-hybridized carbons (Fsp3) is 0.0667. The normalized spacial score (nSPS) is 9.90. The summed E-state index contributed by atoms with van der Waals surface area (Å²) in [4.78, 5) is 12.2. The Balaban J connectivity index is 2.28. The highest BCUT2D eigenvalue weighted by atomic mass is 79.9. The van der Waals surface area contributed by atoms with E-state index in [0.29, 0.717) is 21.8 Å². The Kier molecular flexibility index (Phi) is 4.43. The van der Waals surface area contributed by atoms with Crippen molar-refractivity contribution in [2.45, 2.75) is 6.92 Å². The van der Waals surface area contributed by atoms with Crippen LogP contribution in [-0.2, 0) is 0 Å². The molecule has 20 heavy (non-hydrogen) atoms. The predicted octanol–water partition coefficient (Wildman–Crippen LogP) is 4.53. The Bertz CT molecular complexity index is 722. The molecule has 0 fully saturated rings. The molecular weight excluding hydrogens is 340 g/mol. The molecule has 2 aromatic rings. The molecule has 0 saturated heterocycles. The monoisotopic (exact) mass is 348 g/mol. The number of carbonyl (C=O) groups excluding carboxylic acids is 1. The fourth-order valence-electron chi connectivity index (χ4n) is 1.66. The smallest absolute Gasteiger partial charge is 0.255 e. The summed E-state index contributed by atoms with van der Waals surface area (Å²) in [5.74, 6) is -0.266. The Hall–Kier alpha value is -1.83. The van der Waals surface area contributed by atoms with Crippen LogP contribution in [0.2, 0.25) is 5.02 Å². The minimum Gasteiger partial charge on any atom is -0.322 e. The van der Waals surface area contributed by atoms with Crippen LogP contribution in [0.3, 0.4) is 0 Å². The van der Waals surface area contributed by atoms with Gasteiger partial charge in [0.15, 0.2) is 0 Å². The zero-order chi connectivity index (χ0) is 14.7. The number of nitriles is 1. The summed E-state index contributed by atoms with van der Waals surface area (Å²) in [5.41, 5.74) is 2.47. The van der Waals surface area contributed by atoms with Crippen LogP contribution in [0.5, 0.6) is 0 Å². The van der Waals surface area contributed by atoms with E-state index in [0.717, 1.165) is 10.0 Å². The van der Waals surface area contributed by atoms with E-state index in [1.807, 2.05) is 13.0 Å². The van der Waals surface area contributed by atoms with Gasteiger partial charge < -0.3 is 5.32 Å². The third kappa shape index (κ3) is 3.19. The van der Waals surface area contributed by atoms with Gasteiger partial charge in [-0.15, -0.1) is 0 Å². The van der Waals surface area contributed by atoms with Crippen molar-refractivity contribution >= 4 is 39.1 Å². The number of aryl methyl sites for hydroxylation is 1. The van der Waals surface area contributed by atoms with Gasteiger partial charge in [-0.1, -0.05) is 17.7 Å². The number of nitrogens with zero attached hydrogens (tertiary/aromatic N) is 1. The maximum Gasteiger partial charge on any atom is 0.255 e. The van der Waals surface area contributed by atoms with Crippen molar-refractivity contribution in [2.24, 2.45) is 0 Å². The van der Waals surface area contributed by atoms with Crippen LogP contribution in [-0.4, -0.2) is 5.91 Å². The number of rotatable bonds is 2. The first kappa shape index (κ1) is 14.6. The lowest BCUT2D eigenvalue weighted by Crippen LogP contribution is -2.12. The molecule has 2 aromatic carbocycles. The van der Waals surface area contributed by atoms with E-state index in [4.69, 9.17) is 16.9 Å². The Morgan fingerprint density at radius 2 is 2.05 bits per heavy atom. The van der Waals surface area contributed by atoms with Crippen molar-refractivity contribution in [1.29, 1.82) is 5.26 Å². The van der Waals surface area contributed by atoms with Crippen molar-refractivity contribution in [3.8, 4) is 6.07 Å². The van der Waals surface area contributed by atoms with Crippen LogP contribution in [0.15, 0.2) is 40.9 Å². The van der Waals surface area contributed by atoms with E-state index in [1.54, 1.807) is 36.4 Å². The second kappa shape index (κ2) is 6.08. The van der Waals surface area contributed by atoms with Gasteiger partial charge in [-0.05, 0) is 58.7 Å². The zero-order valence-electron chi connectivity index (χ0n) is 10.6. The second-order valence-corrected chi connectivity index (χ2v) is 5.49. The zero-order valence-corrected chi connectivity index (χ0v) is 12.9. The van der Waals surface area contributed by atoms with E-state index in [1.165, 1.54) is 0 Å². The van der Waals surface area contributed by atoms with Crippen molar-refractivity contribution in [2.75, 3.05) is 5.32 Å². The lowest BCUT2D eigenvalue weighted by Gasteiger charge is -2.09. The van der Waals surface area contributed by atoms with Gasteiger partial charge in [0, 0.05) is 15.7 Å². The highest BCUT2D eigenvalue weighted by Gasteiger charge is 2.10. The summed E-state index contributed by atoms with van der Waals surface area (Å²) in [7, 11) is 0. The highest BCUT2D eigenvalue weighted by Crippen LogP contribution is 2.24. The molecule has 0 heterocycles. The molecule has 0 atom stereocenters. The topological polar surface area (TPSA) is 52.9 Å². The van der Waals surface area contributed by atoms with Gasteiger partial charge in [-0.3, -0.25) is 4.79 Å². The molecule has 100 valence electrons.